The molecule has 0 atom stereocenters. The molecule has 0 aliphatic heterocycles. The minimum atomic E-state index is 0.223. The SMILES string of the molecule is C=C(C)CNC(=O)C1CCC(C(C)(C)C)CC1. The average Bonchev–Trinajstić information content (AvgIpc) is 2.25. The lowest BCUT2D eigenvalue weighted by Crippen LogP contribution is -2.35. The molecule has 1 fully saturated rings. The van der Waals surface area contributed by atoms with Crippen LogP contribution in [0, 0.1) is 17.3 Å². The van der Waals surface area contributed by atoms with Crippen molar-refractivity contribution in [3.63, 3.8) is 0 Å². The lowest BCUT2D eigenvalue weighted by Gasteiger charge is -2.36. The highest BCUT2D eigenvalue weighted by Crippen LogP contribution is 2.39. The van der Waals surface area contributed by atoms with E-state index >= 15 is 0 Å². The Morgan fingerprint density at radius 3 is 2.18 bits per heavy atom. The smallest absolute Gasteiger partial charge is 0.223 e. The largest absolute Gasteiger partial charge is 0.352 e. The maximum atomic E-state index is 11.9. The molecule has 1 N–H and O–H groups in total. The van der Waals surface area contributed by atoms with E-state index in [2.05, 4.69) is 32.7 Å². The first-order valence-corrected chi connectivity index (χ1v) is 6.73. The summed E-state index contributed by atoms with van der Waals surface area (Å²) in [6.07, 6.45) is 4.47. The molecule has 0 aromatic heterocycles. The van der Waals surface area contributed by atoms with E-state index in [4.69, 9.17) is 0 Å². The minimum Gasteiger partial charge on any atom is -0.352 e. The van der Waals surface area contributed by atoms with Gasteiger partial charge in [0, 0.05) is 12.5 Å². The van der Waals surface area contributed by atoms with Gasteiger partial charge in [-0.25, -0.2) is 0 Å². The Balaban J connectivity index is 2.36. The highest BCUT2D eigenvalue weighted by atomic mass is 16.1. The molecule has 1 aliphatic rings. The van der Waals surface area contributed by atoms with Gasteiger partial charge in [0.05, 0.1) is 0 Å². The molecule has 1 rings (SSSR count). The van der Waals surface area contributed by atoms with Gasteiger partial charge in [0.1, 0.15) is 0 Å². The van der Waals surface area contributed by atoms with E-state index in [0.29, 0.717) is 12.0 Å². The van der Waals surface area contributed by atoms with Crippen LogP contribution in [0.5, 0.6) is 0 Å². The van der Waals surface area contributed by atoms with Gasteiger partial charge in [-0.15, -0.1) is 0 Å². The second-order valence-electron chi connectivity index (χ2n) is 6.59. The molecular formula is C15H27NO. The first-order chi connectivity index (χ1) is 7.80. The maximum absolute atomic E-state index is 11.9. The van der Waals surface area contributed by atoms with Crippen LogP contribution in [0.25, 0.3) is 0 Å². The van der Waals surface area contributed by atoms with Gasteiger partial charge in [-0.05, 0) is 43.9 Å². The number of nitrogens with one attached hydrogen (secondary N) is 1. The van der Waals surface area contributed by atoms with Crippen molar-refractivity contribution in [3.8, 4) is 0 Å². The van der Waals surface area contributed by atoms with Crippen molar-refractivity contribution in [2.45, 2.75) is 53.4 Å². The number of amides is 1. The predicted molar refractivity (Wildman–Crippen MR) is 72.7 cm³/mol. The summed E-state index contributed by atoms with van der Waals surface area (Å²) >= 11 is 0. The molecule has 0 aromatic rings. The average molecular weight is 237 g/mol. The molecule has 0 unspecified atom stereocenters. The first-order valence-electron chi connectivity index (χ1n) is 6.73. The Labute approximate surface area is 106 Å². The zero-order valence-electron chi connectivity index (χ0n) is 11.8. The van der Waals surface area contributed by atoms with Crippen molar-refractivity contribution < 1.29 is 4.79 Å². The lowest BCUT2D eigenvalue weighted by atomic mass is 9.69. The molecule has 0 bridgehead atoms. The molecule has 0 heterocycles. The van der Waals surface area contributed by atoms with Gasteiger partial charge in [-0.1, -0.05) is 32.9 Å². The Bertz CT molecular complexity index is 280. The fourth-order valence-electron chi connectivity index (χ4n) is 2.60. The summed E-state index contributed by atoms with van der Waals surface area (Å²) in [5.41, 5.74) is 1.40. The van der Waals surface area contributed by atoms with Crippen LogP contribution in [0.15, 0.2) is 12.2 Å². The molecule has 0 aromatic carbocycles. The van der Waals surface area contributed by atoms with Gasteiger partial charge in [-0.3, -0.25) is 4.79 Å². The third kappa shape index (κ3) is 4.53. The molecule has 98 valence electrons. The zero-order valence-corrected chi connectivity index (χ0v) is 11.8. The molecule has 0 radical (unpaired) electrons. The van der Waals surface area contributed by atoms with Crippen molar-refractivity contribution >= 4 is 5.91 Å². The van der Waals surface area contributed by atoms with E-state index < -0.39 is 0 Å². The molecule has 2 heteroatoms. The highest BCUT2D eigenvalue weighted by molar-refractivity contribution is 5.78. The van der Waals surface area contributed by atoms with E-state index in [1.165, 1.54) is 12.8 Å². The van der Waals surface area contributed by atoms with Crippen LogP contribution in [0.1, 0.15) is 53.4 Å². The monoisotopic (exact) mass is 237 g/mol. The van der Waals surface area contributed by atoms with Crippen molar-refractivity contribution in [1.82, 2.24) is 5.32 Å². The Morgan fingerprint density at radius 2 is 1.76 bits per heavy atom. The van der Waals surface area contributed by atoms with Crippen molar-refractivity contribution in [2.24, 2.45) is 17.3 Å². The molecule has 0 saturated heterocycles. The molecule has 2 nitrogen and oxygen atoms in total. The summed E-state index contributed by atoms with van der Waals surface area (Å²) in [6.45, 7) is 13.3. The van der Waals surface area contributed by atoms with Crippen LogP contribution < -0.4 is 5.32 Å². The summed E-state index contributed by atoms with van der Waals surface area (Å²) in [5, 5.41) is 2.97. The quantitative estimate of drug-likeness (QED) is 0.747. The maximum Gasteiger partial charge on any atom is 0.223 e. The van der Waals surface area contributed by atoms with E-state index in [1.807, 2.05) is 6.92 Å². The van der Waals surface area contributed by atoms with Crippen LogP contribution in [0.3, 0.4) is 0 Å². The second kappa shape index (κ2) is 5.70. The van der Waals surface area contributed by atoms with Gasteiger partial charge in [-0.2, -0.15) is 0 Å². The number of carbonyl (C=O) groups is 1. The Morgan fingerprint density at radius 1 is 1.24 bits per heavy atom. The van der Waals surface area contributed by atoms with Crippen LogP contribution >= 0.6 is 0 Å². The van der Waals surface area contributed by atoms with Crippen LogP contribution in [-0.2, 0) is 4.79 Å². The summed E-state index contributed by atoms with van der Waals surface area (Å²) in [6, 6.07) is 0. The summed E-state index contributed by atoms with van der Waals surface area (Å²) < 4.78 is 0. The van der Waals surface area contributed by atoms with Crippen molar-refractivity contribution in [1.29, 1.82) is 0 Å². The Hall–Kier alpha value is -0.790. The third-order valence-corrected chi connectivity index (χ3v) is 3.89. The molecule has 1 amide bonds. The highest BCUT2D eigenvalue weighted by Gasteiger charge is 2.32. The van der Waals surface area contributed by atoms with Gasteiger partial charge >= 0.3 is 0 Å². The van der Waals surface area contributed by atoms with E-state index in [0.717, 1.165) is 24.3 Å². The molecular weight excluding hydrogens is 210 g/mol. The number of hydrogen-bond acceptors (Lipinski definition) is 1. The lowest BCUT2D eigenvalue weighted by molar-refractivity contribution is -0.126. The minimum absolute atomic E-state index is 0.223. The predicted octanol–water partition coefficient (Wildman–Crippen LogP) is 3.53. The number of rotatable bonds is 3. The van der Waals surface area contributed by atoms with E-state index in [-0.39, 0.29) is 11.8 Å². The topological polar surface area (TPSA) is 29.1 Å². The third-order valence-electron chi connectivity index (χ3n) is 3.89. The van der Waals surface area contributed by atoms with Crippen LogP contribution in [0.2, 0.25) is 0 Å². The molecule has 1 aliphatic carbocycles. The van der Waals surface area contributed by atoms with Gasteiger partial charge < -0.3 is 5.32 Å². The van der Waals surface area contributed by atoms with Crippen molar-refractivity contribution in [3.05, 3.63) is 12.2 Å². The second-order valence-corrected chi connectivity index (χ2v) is 6.59. The van der Waals surface area contributed by atoms with Gasteiger partial charge in [0.2, 0.25) is 5.91 Å². The normalized spacial score (nSPS) is 25.4. The zero-order chi connectivity index (χ0) is 13.1. The Kier molecular flexibility index (Phi) is 4.79. The fraction of sp³-hybridized carbons (Fsp3) is 0.800. The number of carbonyl (C=O) groups excluding carboxylic acids is 1. The summed E-state index contributed by atoms with van der Waals surface area (Å²) in [4.78, 5) is 11.9. The summed E-state index contributed by atoms with van der Waals surface area (Å²) in [7, 11) is 0. The number of hydrogen-bond donors (Lipinski definition) is 1. The van der Waals surface area contributed by atoms with Gasteiger partial charge in [0.15, 0.2) is 0 Å². The first kappa shape index (κ1) is 14.3. The van der Waals surface area contributed by atoms with Crippen molar-refractivity contribution in [2.75, 3.05) is 6.54 Å². The van der Waals surface area contributed by atoms with E-state index in [1.54, 1.807) is 0 Å². The molecule has 17 heavy (non-hydrogen) atoms. The van der Waals surface area contributed by atoms with Crippen LogP contribution in [-0.4, -0.2) is 12.5 Å². The molecule has 0 spiro atoms. The molecule has 1 saturated carbocycles. The standard InChI is InChI=1S/C15H27NO/c1-11(2)10-16-14(17)12-6-8-13(9-7-12)15(3,4)5/h12-13H,1,6-10H2,2-5H3,(H,16,17). The fourth-order valence-corrected chi connectivity index (χ4v) is 2.60. The van der Waals surface area contributed by atoms with E-state index in [9.17, 15) is 4.79 Å². The van der Waals surface area contributed by atoms with Gasteiger partial charge in [0.25, 0.3) is 0 Å². The van der Waals surface area contributed by atoms with Crippen LogP contribution in [0.4, 0.5) is 0 Å². The summed E-state index contributed by atoms with van der Waals surface area (Å²) in [5.74, 6) is 1.22.